The van der Waals surface area contributed by atoms with E-state index in [4.69, 9.17) is 4.74 Å². The molecule has 0 spiro atoms. The molecule has 1 unspecified atom stereocenters. The fourth-order valence-electron chi connectivity index (χ4n) is 2.86. The molecular formula is C17H26N2O2. The summed E-state index contributed by atoms with van der Waals surface area (Å²) in [7, 11) is 1.70. The SMILES string of the molecule is COc1ccc(C)cc1CC(C)CC(=O)N1CCNCC1. The van der Waals surface area contributed by atoms with Crippen LogP contribution < -0.4 is 10.1 Å². The number of methoxy groups -OCH3 is 1. The van der Waals surface area contributed by atoms with Gasteiger partial charge in [0.2, 0.25) is 5.91 Å². The van der Waals surface area contributed by atoms with E-state index in [9.17, 15) is 4.79 Å². The van der Waals surface area contributed by atoms with Gasteiger partial charge in [-0.25, -0.2) is 0 Å². The van der Waals surface area contributed by atoms with Crippen LogP contribution in [0.5, 0.6) is 5.75 Å². The molecule has 1 atom stereocenters. The average Bonchev–Trinajstić information content (AvgIpc) is 2.48. The van der Waals surface area contributed by atoms with Crippen molar-refractivity contribution >= 4 is 5.91 Å². The van der Waals surface area contributed by atoms with E-state index in [-0.39, 0.29) is 5.91 Å². The van der Waals surface area contributed by atoms with Gasteiger partial charge in [0.1, 0.15) is 5.75 Å². The Balaban J connectivity index is 1.93. The minimum absolute atomic E-state index is 0.274. The van der Waals surface area contributed by atoms with Crippen molar-refractivity contribution in [1.29, 1.82) is 0 Å². The van der Waals surface area contributed by atoms with Crippen molar-refractivity contribution in [2.75, 3.05) is 33.3 Å². The van der Waals surface area contributed by atoms with Crippen molar-refractivity contribution < 1.29 is 9.53 Å². The Morgan fingerprint density at radius 2 is 2.10 bits per heavy atom. The second kappa shape index (κ2) is 7.46. The Bertz CT molecular complexity index is 482. The fraction of sp³-hybridized carbons (Fsp3) is 0.588. The summed E-state index contributed by atoms with van der Waals surface area (Å²) < 4.78 is 5.42. The van der Waals surface area contributed by atoms with E-state index in [1.54, 1.807) is 7.11 Å². The Hall–Kier alpha value is -1.55. The van der Waals surface area contributed by atoms with Gasteiger partial charge in [0.05, 0.1) is 7.11 Å². The zero-order valence-electron chi connectivity index (χ0n) is 13.3. The molecule has 1 saturated heterocycles. The van der Waals surface area contributed by atoms with Gasteiger partial charge in [0, 0.05) is 32.6 Å². The minimum atomic E-state index is 0.274. The number of ether oxygens (including phenoxy) is 1. The number of benzene rings is 1. The lowest BCUT2D eigenvalue weighted by atomic mass is 9.95. The number of piperazine rings is 1. The first-order valence-corrected chi connectivity index (χ1v) is 7.72. The molecule has 0 radical (unpaired) electrons. The number of rotatable bonds is 5. The number of nitrogens with zero attached hydrogens (tertiary/aromatic N) is 1. The standard InChI is InChI=1S/C17H26N2O2/c1-13-4-5-16(21-3)15(10-13)11-14(2)12-17(20)19-8-6-18-7-9-19/h4-5,10,14,18H,6-9,11-12H2,1-3H3. The molecule has 1 N–H and O–H groups in total. The quantitative estimate of drug-likeness (QED) is 0.902. The van der Waals surface area contributed by atoms with Crippen LogP contribution in [-0.4, -0.2) is 44.1 Å². The first kappa shape index (κ1) is 15.8. The summed E-state index contributed by atoms with van der Waals surface area (Å²) in [5, 5.41) is 3.27. The molecule has 2 rings (SSSR count). The lowest BCUT2D eigenvalue weighted by Crippen LogP contribution is -2.46. The molecule has 0 aromatic heterocycles. The molecule has 1 heterocycles. The van der Waals surface area contributed by atoms with Gasteiger partial charge < -0.3 is 15.0 Å². The van der Waals surface area contributed by atoms with Crippen LogP contribution in [0.4, 0.5) is 0 Å². The molecule has 0 aliphatic carbocycles. The van der Waals surface area contributed by atoms with Crippen molar-refractivity contribution in [1.82, 2.24) is 10.2 Å². The number of nitrogens with one attached hydrogen (secondary N) is 1. The summed E-state index contributed by atoms with van der Waals surface area (Å²) in [5.74, 6) is 1.51. The highest BCUT2D eigenvalue weighted by Crippen LogP contribution is 2.24. The highest BCUT2D eigenvalue weighted by atomic mass is 16.5. The van der Waals surface area contributed by atoms with Crippen molar-refractivity contribution in [3.8, 4) is 5.75 Å². The van der Waals surface area contributed by atoms with E-state index < -0.39 is 0 Å². The van der Waals surface area contributed by atoms with Crippen LogP contribution in [0.2, 0.25) is 0 Å². The topological polar surface area (TPSA) is 41.6 Å². The zero-order valence-corrected chi connectivity index (χ0v) is 13.3. The summed E-state index contributed by atoms with van der Waals surface area (Å²) in [6, 6.07) is 6.22. The van der Waals surface area contributed by atoms with Crippen molar-refractivity contribution in [2.24, 2.45) is 5.92 Å². The van der Waals surface area contributed by atoms with E-state index in [1.807, 2.05) is 11.0 Å². The summed E-state index contributed by atoms with van der Waals surface area (Å²) in [6.07, 6.45) is 1.49. The number of carbonyl (C=O) groups is 1. The van der Waals surface area contributed by atoms with E-state index in [0.29, 0.717) is 12.3 Å². The van der Waals surface area contributed by atoms with E-state index in [2.05, 4.69) is 31.3 Å². The van der Waals surface area contributed by atoms with Crippen LogP contribution in [0.15, 0.2) is 18.2 Å². The molecular weight excluding hydrogens is 264 g/mol. The molecule has 0 saturated carbocycles. The molecule has 1 aromatic carbocycles. The van der Waals surface area contributed by atoms with Crippen LogP contribution in [0, 0.1) is 12.8 Å². The zero-order chi connectivity index (χ0) is 15.2. The van der Waals surface area contributed by atoms with Gasteiger partial charge in [0.15, 0.2) is 0 Å². The molecule has 0 bridgehead atoms. The fourth-order valence-corrected chi connectivity index (χ4v) is 2.86. The van der Waals surface area contributed by atoms with Gasteiger partial charge in [-0.15, -0.1) is 0 Å². The predicted molar refractivity (Wildman–Crippen MR) is 84.7 cm³/mol. The third-order valence-corrected chi connectivity index (χ3v) is 4.00. The summed E-state index contributed by atoms with van der Waals surface area (Å²) in [5.41, 5.74) is 2.42. The number of hydrogen-bond donors (Lipinski definition) is 1. The predicted octanol–water partition coefficient (Wildman–Crippen LogP) is 2.00. The molecule has 1 aromatic rings. The second-order valence-corrected chi connectivity index (χ2v) is 5.96. The van der Waals surface area contributed by atoms with Gasteiger partial charge >= 0.3 is 0 Å². The molecule has 21 heavy (non-hydrogen) atoms. The maximum atomic E-state index is 12.3. The molecule has 1 aliphatic rings. The van der Waals surface area contributed by atoms with Crippen LogP contribution in [0.1, 0.15) is 24.5 Å². The molecule has 1 aliphatic heterocycles. The monoisotopic (exact) mass is 290 g/mol. The smallest absolute Gasteiger partial charge is 0.222 e. The van der Waals surface area contributed by atoms with Gasteiger partial charge in [-0.2, -0.15) is 0 Å². The average molecular weight is 290 g/mol. The lowest BCUT2D eigenvalue weighted by molar-refractivity contribution is -0.132. The van der Waals surface area contributed by atoms with Gasteiger partial charge in [-0.05, 0) is 30.9 Å². The van der Waals surface area contributed by atoms with Gasteiger partial charge in [0.25, 0.3) is 0 Å². The number of hydrogen-bond acceptors (Lipinski definition) is 3. The van der Waals surface area contributed by atoms with Gasteiger partial charge in [-0.3, -0.25) is 4.79 Å². The molecule has 116 valence electrons. The largest absolute Gasteiger partial charge is 0.496 e. The highest BCUT2D eigenvalue weighted by Gasteiger charge is 2.19. The Morgan fingerprint density at radius 1 is 1.38 bits per heavy atom. The summed E-state index contributed by atoms with van der Waals surface area (Å²) in [6.45, 7) is 7.71. The normalized spacial score (nSPS) is 16.6. The van der Waals surface area contributed by atoms with Crippen molar-refractivity contribution in [3.63, 3.8) is 0 Å². The van der Waals surface area contributed by atoms with E-state index in [0.717, 1.165) is 38.3 Å². The third kappa shape index (κ3) is 4.46. The lowest BCUT2D eigenvalue weighted by Gasteiger charge is -2.28. The second-order valence-electron chi connectivity index (χ2n) is 5.96. The molecule has 1 fully saturated rings. The Kier molecular flexibility index (Phi) is 5.62. The minimum Gasteiger partial charge on any atom is -0.496 e. The number of aryl methyl sites for hydroxylation is 1. The first-order chi connectivity index (χ1) is 10.1. The van der Waals surface area contributed by atoms with Crippen LogP contribution >= 0.6 is 0 Å². The number of carbonyl (C=O) groups excluding carboxylic acids is 1. The molecule has 4 nitrogen and oxygen atoms in total. The maximum absolute atomic E-state index is 12.3. The first-order valence-electron chi connectivity index (χ1n) is 7.72. The van der Waals surface area contributed by atoms with E-state index in [1.165, 1.54) is 11.1 Å². The van der Waals surface area contributed by atoms with Crippen LogP contribution in [-0.2, 0) is 11.2 Å². The summed E-state index contributed by atoms with van der Waals surface area (Å²) in [4.78, 5) is 14.3. The molecule has 4 heteroatoms. The Labute approximate surface area is 127 Å². The Morgan fingerprint density at radius 3 is 2.76 bits per heavy atom. The summed E-state index contributed by atoms with van der Waals surface area (Å²) >= 11 is 0. The van der Waals surface area contributed by atoms with Crippen LogP contribution in [0.3, 0.4) is 0 Å². The van der Waals surface area contributed by atoms with Gasteiger partial charge in [-0.1, -0.05) is 24.6 Å². The molecule has 1 amide bonds. The van der Waals surface area contributed by atoms with E-state index >= 15 is 0 Å². The van der Waals surface area contributed by atoms with Crippen molar-refractivity contribution in [3.05, 3.63) is 29.3 Å². The third-order valence-electron chi connectivity index (χ3n) is 4.00. The van der Waals surface area contributed by atoms with Crippen LogP contribution in [0.25, 0.3) is 0 Å². The highest BCUT2D eigenvalue weighted by molar-refractivity contribution is 5.76. The number of amides is 1. The maximum Gasteiger partial charge on any atom is 0.222 e. The van der Waals surface area contributed by atoms with Crippen molar-refractivity contribution in [2.45, 2.75) is 26.7 Å².